The van der Waals surface area contributed by atoms with E-state index >= 15 is 0 Å². The summed E-state index contributed by atoms with van der Waals surface area (Å²) in [5.41, 5.74) is 1.59. The lowest BCUT2D eigenvalue weighted by atomic mass is 9.64. The van der Waals surface area contributed by atoms with Crippen LogP contribution in [0, 0.1) is 10.8 Å². The van der Waals surface area contributed by atoms with Crippen LogP contribution in [0.1, 0.15) is 32.3 Å². The molecule has 1 aromatic rings. The Morgan fingerprint density at radius 3 is 2.62 bits per heavy atom. The molecule has 0 radical (unpaired) electrons. The lowest BCUT2D eigenvalue weighted by Gasteiger charge is -2.50. The third-order valence-corrected chi connectivity index (χ3v) is 5.55. The Bertz CT molecular complexity index is 465. The van der Waals surface area contributed by atoms with Gasteiger partial charge in [0, 0.05) is 30.0 Å². The molecule has 3 unspecified atom stereocenters. The molecule has 1 aliphatic heterocycles. The van der Waals surface area contributed by atoms with Crippen LogP contribution >= 0.6 is 0 Å². The molecule has 21 heavy (non-hydrogen) atoms. The summed E-state index contributed by atoms with van der Waals surface area (Å²) in [5.74, 6) is 0. The number of aliphatic hydroxyl groups excluding tert-OH is 1. The zero-order chi connectivity index (χ0) is 14.9. The minimum Gasteiger partial charge on any atom is -0.392 e. The molecule has 3 rings (SSSR count). The molecule has 1 aliphatic carbocycles. The van der Waals surface area contributed by atoms with E-state index in [4.69, 9.17) is 4.74 Å². The maximum atomic E-state index is 9.87. The summed E-state index contributed by atoms with van der Waals surface area (Å²) in [6.45, 7) is 6.97. The number of benzene rings is 1. The van der Waals surface area contributed by atoms with Gasteiger partial charge in [0.05, 0.1) is 12.7 Å². The van der Waals surface area contributed by atoms with E-state index in [1.165, 1.54) is 5.56 Å². The van der Waals surface area contributed by atoms with Gasteiger partial charge in [-0.3, -0.25) is 0 Å². The smallest absolute Gasteiger partial charge is 0.0621 e. The van der Waals surface area contributed by atoms with E-state index < -0.39 is 0 Å². The quantitative estimate of drug-likeness (QED) is 0.874. The highest BCUT2D eigenvalue weighted by molar-refractivity contribution is 5.17. The van der Waals surface area contributed by atoms with Crippen molar-refractivity contribution in [2.45, 2.75) is 45.3 Å². The average Bonchev–Trinajstić information content (AvgIpc) is 2.93. The zero-order valence-corrected chi connectivity index (χ0v) is 13.1. The molecule has 0 amide bonds. The van der Waals surface area contributed by atoms with Gasteiger partial charge in [-0.15, -0.1) is 0 Å². The predicted octanol–water partition coefficient (Wildman–Crippen LogP) is 2.38. The zero-order valence-electron chi connectivity index (χ0n) is 13.1. The number of rotatable bonds is 5. The first-order chi connectivity index (χ1) is 10.0. The highest BCUT2D eigenvalue weighted by Gasteiger charge is 2.48. The van der Waals surface area contributed by atoms with Crippen LogP contribution in [-0.4, -0.2) is 37.0 Å². The van der Waals surface area contributed by atoms with Crippen LogP contribution in [-0.2, 0) is 11.2 Å². The van der Waals surface area contributed by atoms with Gasteiger partial charge in [0.1, 0.15) is 0 Å². The molecule has 1 heterocycles. The molecule has 3 atom stereocenters. The van der Waals surface area contributed by atoms with Gasteiger partial charge >= 0.3 is 0 Å². The summed E-state index contributed by atoms with van der Waals surface area (Å²) < 4.78 is 5.70. The van der Waals surface area contributed by atoms with Gasteiger partial charge in [-0.05, 0) is 24.8 Å². The van der Waals surface area contributed by atoms with E-state index in [0.717, 1.165) is 39.0 Å². The first-order valence-electron chi connectivity index (χ1n) is 8.05. The molecule has 2 N–H and O–H groups in total. The van der Waals surface area contributed by atoms with Crippen LogP contribution in [0.2, 0.25) is 0 Å². The van der Waals surface area contributed by atoms with Crippen molar-refractivity contribution < 1.29 is 9.84 Å². The second-order valence-electron chi connectivity index (χ2n) is 7.47. The summed E-state index contributed by atoms with van der Waals surface area (Å²) in [6, 6.07) is 11.1. The molecule has 1 aromatic carbocycles. The van der Waals surface area contributed by atoms with Gasteiger partial charge in [0.15, 0.2) is 0 Å². The third kappa shape index (κ3) is 3.01. The van der Waals surface area contributed by atoms with Crippen molar-refractivity contribution in [3.8, 4) is 0 Å². The number of ether oxygens (including phenoxy) is 1. The van der Waals surface area contributed by atoms with E-state index in [1.54, 1.807) is 0 Å². The third-order valence-electron chi connectivity index (χ3n) is 5.55. The number of nitrogens with one attached hydrogen (secondary N) is 1. The van der Waals surface area contributed by atoms with Crippen molar-refractivity contribution in [2.75, 3.05) is 19.8 Å². The maximum Gasteiger partial charge on any atom is 0.0621 e. The standard InChI is InChI=1S/C18H27NO2/c1-17(2)15(10-16(17)20)19-12-18(8-9-21-13-18)11-14-6-4-3-5-7-14/h3-7,15-16,19-20H,8-13H2,1-2H3. The molecule has 0 spiro atoms. The van der Waals surface area contributed by atoms with Crippen LogP contribution in [0.15, 0.2) is 30.3 Å². The second-order valence-corrected chi connectivity index (χ2v) is 7.47. The topological polar surface area (TPSA) is 41.5 Å². The largest absolute Gasteiger partial charge is 0.392 e. The lowest BCUT2D eigenvalue weighted by Crippen LogP contribution is -2.61. The minimum absolute atomic E-state index is 0.00655. The van der Waals surface area contributed by atoms with E-state index in [0.29, 0.717) is 6.04 Å². The van der Waals surface area contributed by atoms with Crippen LogP contribution in [0.3, 0.4) is 0 Å². The normalized spacial score (nSPS) is 34.6. The summed E-state index contributed by atoms with van der Waals surface area (Å²) in [4.78, 5) is 0. The Labute approximate surface area is 127 Å². The summed E-state index contributed by atoms with van der Waals surface area (Å²) in [7, 11) is 0. The van der Waals surface area contributed by atoms with Crippen LogP contribution in [0.4, 0.5) is 0 Å². The minimum atomic E-state index is -0.167. The van der Waals surface area contributed by atoms with Gasteiger partial charge in [-0.1, -0.05) is 44.2 Å². The Kier molecular flexibility index (Phi) is 4.08. The second kappa shape index (κ2) is 5.71. The molecule has 0 aromatic heterocycles. The summed E-state index contributed by atoms with van der Waals surface area (Å²) in [5, 5.41) is 13.6. The van der Waals surface area contributed by atoms with E-state index in [-0.39, 0.29) is 16.9 Å². The van der Waals surface area contributed by atoms with Crippen molar-refractivity contribution >= 4 is 0 Å². The molecule has 1 saturated carbocycles. The molecule has 3 heteroatoms. The van der Waals surface area contributed by atoms with Crippen LogP contribution in [0.25, 0.3) is 0 Å². The highest BCUT2D eigenvalue weighted by Crippen LogP contribution is 2.41. The van der Waals surface area contributed by atoms with Gasteiger partial charge in [0.2, 0.25) is 0 Å². The van der Waals surface area contributed by atoms with Crippen LogP contribution < -0.4 is 5.32 Å². The van der Waals surface area contributed by atoms with E-state index in [9.17, 15) is 5.11 Å². The lowest BCUT2D eigenvalue weighted by molar-refractivity contribution is -0.0753. The summed E-state index contributed by atoms with van der Waals surface area (Å²) in [6.07, 6.45) is 2.89. The van der Waals surface area contributed by atoms with Crippen molar-refractivity contribution in [1.82, 2.24) is 5.32 Å². The van der Waals surface area contributed by atoms with E-state index in [2.05, 4.69) is 49.5 Å². The van der Waals surface area contributed by atoms with Crippen molar-refractivity contribution in [1.29, 1.82) is 0 Å². The van der Waals surface area contributed by atoms with Gasteiger partial charge in [-0.25, -0.2) is 0 Å². The fraction of sp³-hybridized carbons (Fsp3) is 0.667. The monoisotopic (exact) mass is 289 g/mol. The molecule has 0 bridgehead atoms. The Morgan fingerprint density at radius 1 is 1.29 bits per heavy atom. The number of hydrogen-bond donors (Lipinski definition) is 2. The molecular formula is C18H27NO2. The fourth-order valence-electron chi connectivity index (χ4n) is 3.61. The number of hydrogen-bond acceptors (Lipinski definition) is 3. The predicted molar refractivity (Wildman–Crippen MR) is 84.2 cm³/mol. The summed E-state index contributed by atoms with van der Waals surface area (Å²) >= 11 is 0. The SMILES string of the molecule is CC1(C)C(O)CC1NCC1(Cc2ccccc2)CCOC1. The van der Waals surface area contributed by atoms with Gasteiger partial charge < -0.3 is 15.2 Å². The Balaban J connectivity index is 1.62. The molecule has 3 nitrogen and oxygen atoms in total. The average molecular weight is 289 g/mol. The Morgan fingerprint density at radius 2 is 2.05 bits per heavy atom. The molecule has 1 saturated heterocycles. The maximum absolute atomic E-state index is 9.87. The molecular weight excluding hydrogens is 262 g/mol. The molecule has 2 fully saturated rings. The fourth-order valence-corrected chi connectivity index (χ4v) is 3.61. The van der Waals surface area contributed by atoms with Crippen molar-refractivity contribution in [3.63, 3.8) is 0 Å². The van der Waals surface area contributed by atoms with E-state index in [1.807, 2.05) is 0 Å². The number of aliphatic hydroxyl groups is 1. The van der Waals surface area contributed by atoms with Crippen molar-refractivity contribution in [3.05, 3.63) is 35.9 Å². The van der Waals surface area contributed by atoms with Gasteiger partial charge in [-0.2, -0.15) is 0 Å². The molecule has 116 valence electrons. The van der Waals surface area contributed by atoms with Crippen LogP contribution in [0.5, 0.6) is 0 Å². The van der Waals surface area contributed by atoms with Gasteiger partial charge in [0.25, 0.3) is 0 Å². The first-order valence-corrected chi connectivity index (χ1v) is 8.05. The van der Waals surface area contributed by atoms with Crippen molar-refractivity contribution in [2.24, 2.45) is 10.8 Å². The first kappa shape index (κ1) is 15.0. The molecule has 2 aliphatic rings. The highest BCUT2D eigenvalue weighted by atomic mass is 16.5. The Hall–Kier alpha value is -0.900.